The highest BCUT2D eigenvalue weighted by molar-refractivity contribution is 5.59. The van der Waals surface area contributed by atoms with Crippen molar-refractivity contribution in [3.05, 3.63) is 59.2 Å². The van der Waals surface area contributed by atoms with Gasteiger partial charge in [0.1, 0.15) is 0 Å². The molecule has 1 unspecified atom stereocenters. The van der Waals surface area contributed by atoms with Crippen molar-refractivity contribution >= 4 is 11.4 Å². The van der Waals surface area contributed by atoms with Gasteiger partial charge >= 0.3 is 0 Å². The molecule has 0 radical (unpaired) electrons. The molecule has 2 aromatic rings. The maximum Gasteiger partial charge on any atom is 0.0373 e. The van der Waals surface area contributed by atoms with Crippen molar-refractivity contribution in [1.82, 2.24) is 0 Å². The minimum atomic E-state index is 0.288. The summed E-state index contributed by atoms with van der Waals surface area (Å²) < 4.78 is 0. The zero-order chi connectivity index (χ0) is 13.1. The highest BCUT2D eigenvalue weighted by Gasteiger charge is 2.11. The van der Waals surface area contributed by atoms with Crippen LogP contribution < -0.4 is 11.5 Å². The molecule has 2 heteroatoms. The lowest BCUT2D eigenvalue weighted by Gasteiger charge is -2.15. The summed E-state index contributed by atoms with van der Waals surface area (Å²) in [7, 11) is 0. The van der Waals surface area contributed by atoms with Gasteiger partial charge in [0.25, 0.3) is 0 Å². The van der Waals surface area contributed by atoms with Crippen LogP contribution in [0.15, 0.2) is 42.5 Å². The topological polar surface area (TPSA) is 52.0 Å². The number of benzene rings is 2. The van der Waals surface area contributed by atoms with Crippen LogP contribution in [0.3, 0.4) is 0 Å². The van der Waals surface area contributed by atoms with E-state index >= 15 is 0 Å². The van der Waals surface area contributed by atoms with Gasteiger partial charge in [0.2, 0.25) is 0 Å². The predicted molar refractivity (Wildman–Crippen MR) is 78.6 cm³/mol. The number of hydrogen-bond donors (Lipinski definition) is 2. The first-order chi connectivity index (χ1) is 8.61. The number of anilines is 2. The molecule has 94 valence electrons. The summed E-state index contributed by atoms with van der Waals surface area (Å²) >= 11 is 0. The second-order valence-corrected chi connectivity index (χ2v) is 4.71. The first-order valence-corrected chi connectivity index (χ1v) is 6.35. The Morgan fingerprint density at radius 1 is 1.00 bits per heavy atom. The SMILES string of the molecule is CCc1ccc(C(C)c2ccc(N)cc2N)cc1. The molecule has 2 rings (SSSR count). The second kappa shape index (κ2) is 5.13. The zero-order valence-corrected chi connectivity index (χ0v) is 11.0. The van der Waals surface area contributed by atoms with Crippen LogP contribution in [0, 0.1) is 0 Å². The van der Waals surface area contributed by atoms with Crippen molar-refractivity contribution in [2.45, 2.75) is 26.2 Å². The molecule has 0 aliphatic heterocycles. The second-order valence-electron chi connectivity index (χ2n) is 4.71. The van der Waals surface area contributed by atoms with E-state index in [1.54, 1.807) is 0 Å². The Morgan fingerprint density at radius 2 is 1.67 bits per heavy atom. The summed E-state index contributed by atoms with van der Waals surface area (Å²) in [5.74, 6) is 0.288. The summed E-state index contributed by atoms with van der Waals surface area (Å²) in [5.41, 5.74) is 17.0. The van der Waals surface area contributed by atoms with E-state index in [1.807, 2.05) is 18.2 Å². The summed E-state index contributed by atoms with van der Waals surface area (Å²) in [6, 6.07) is 14.5. The van der Waals surface area contributed by atoms with Crippen LogP contribution in [-0.2, 0) is 6.42 Å². The molecule has 0 heterocycles. The summed E-state index contributed by atoms with van der Waals surface area (Å²) in [5, 5.41) is 0. The van der Waals surface area contributed by atoms with Crippen molar-refractivity contribution in [3.63, 3.8) is 0 Å². The highest BCUT2D eigenvalue weighted by atomic mass is 14.6. The molecule has 2 aromatic carbocycles. The smallest absolute Gasteiger partial charge is 0.0373 e. The molecule has 0 saturated carbocycles. The Morgan fingerprint density at radius 3 is 2.22 bits per heavy atom. The Hall–Kier alpha value is -1.96. The van der Waals surface area contributed by atoms with E-state index in [1.165, 1.54) is 11.1 Å². The molecule has 0 saturated heterocycles. The lowest BCUT2D eigenvalue weighted by atomic mass is 9.91. The minimum Gasteiger partial charge on any atom is -0.399 e. The third-order valence-corrected chi connectivity index (χ3v) is 3.47. The fourth-order valence-electron chi connectivity index (χ4n) is 2.21. The van der Waals surface area contributed by atoms with Crippen LogP contribution in [0.4, 0.5) is 11.4 Å². The van der Waals surface area contributed by atoms with Crippen molar-refractivity contribution in [3.8, 4) is 0 Å². The van der Waals surface area contributed by atoms with Crippen LogP contribution >= 0.6 is 0 Å². The van der Waals surface area contributed by atoms with Gasteiger partial charge in [0.15, 0.2) is 0 Å². The normalized spacial score (nSPS) is 12.3. The molecule has 0 aliphatic carbocycles. The van der Waals surface area contributed by atoms with Crippen molar-refractivity contribution in [2.75, 3.05) is 11.5 Å². The maximum atomic E-state index is 6.04. The number of nitrogen functional groups attached to an aromatic ring is 2. The van der Waals surface area contributed by atoms with E-state index in [2.05, 4.69) is 38.1 Å². The molecule has 0 aromatic heterocycles. The first kappa shape index (κ1) is 12.5. The van der Waals surface area contributed by atoms with E-state index in [9.17, 15) is 0 Å². The van der Waals surface area contributed by atoms with Gasteiger partial charge in [0, 0.05) is 17.3 Å². The van der Waals surface area contributed by atoms with Gasteiger partial charge in [-0.25, -0.2) is 0 Å². The van der Waals surface area contributed by atoms with Crippen LogP contribution in [-0.4, -0.2) is 0 Å². The van der Waals surface area contributed by atoms with Crippen LogP contribution in [0.25, 0.3) is 0 Å². The number of hydrogen-bond acceptors (Lipinski definition) is 2. The quantitative estimate of drug-likeness (QED) is 0.806. The first-order valence-electron chi connectivity index (χ1n) is 6.35. The summed E-state index contributed by atoms with van der Waals surface area (Å²) in [4.78, 5) is 0. The van der Waals surface area contributed by atoms with E-state index in [-0.39, 0.29) is 5.92 Å². The van der Waals surface area contributed by atoms with Gasteiger partial charge in [0.05, 0.1) is 0 Å². The number of rotatable bonds is 3. The zero-order valence-electron chi connectivity index (χ0n) is 11.0. The predicted octanol–water partition coefficient (Wildman–Crippen LogP) is 3.57. The van der Waals surface area contributed by atoms with E-state index in [4.69, 9.17) is 11.5 Å². The summed E-state index contributed by atoms with van der Waals surface area (Å²) in [6.07, 6.45) is 1.07. The summed E-state index contributed by atoms with van der Waals surface area (Å²) in [6.45, 7) is 4.33. The van der Waals surface area contributed by atoms with Gasteiger partial charge in [-0.3, -0.25) is 0 Å². The lowest BCUT2D eigenvalue weighted by Crippen LogP contribution is -2.02. The van der Waals surface area contributed by atoms with Gasteiger partial charge < -0.3 is 11.5 Å². The van der Waals surface area contributed by atoms with Gasteiger partial charge in [-0.05, 0) is 35.2 Å². The van der Waals surface area contributed by atoms with Crippen LogP contribution in [0.5, 0.6) is 0 Å². The molecule has 0 amide bonds. The monoisotopic (exact) mass is 240 g/mol. The largest absolute Gasteiger partial charge is 0.399 e. The average Bonchev–Trinajstić information content (AvgIpc) is 2.38. The molecule has 18 heavy (non-hydrogen) atoms. The van der Waals surface area contributed by atoms with E-state index < -0.39 is 0 Å². The average molecular weight is 240 g/mol. The fourth-order valence-corrected chi connectivity index (χ4v) is 2.21. The molecule has 1 atom stereocenters. The third kappa shape index (κ3) is 2.48. The van der Waals surface area contributed by atoms with E-state index in [0.29, 0.717) is 5.69 Å². The molecular formula is C16H20N2. The van der Waals surface area contributed by atoms with Gasteiger partial charge in [-0.2, -0.15) is 0 Å². The van der Waals surface area contributed by atoms with Crippen LogP contribution in [0.1, 0.15) is 36.5 Å². The standard InChI is InChI=1S/C16H20N2/c1-3-12-4-6-13(7-5-12)11(2)15-9-8-14(17)10-16(15)18/h4-11H,3,17-18H2,1-2H3. The highest BCUT2D eigenvalue weighted by Crippen LogP contribution is 2.29. The Bertz CT molecular complexity index is 529. The van der Waals surface area contributed by atoms with Crippen LogP contribution in [0.2, 0.25) is 0 Å². The van der Waals surface area contributed by atoms with Crippen molar-refractivity contribution < 1.29 is 0 Å². The molecular weight excluding hydrogens is 220 g/mol. The van der Waals surface area contributed by atoms with Crippen molar-refractivity contribution in [1.29, 1.82) is 0 Å². The Labute approximate surface area is 109 Å². The van der Waals surface area contributed by atoms with Gasteiger partial charge in [-0.1, -0.05) is 44.2 Å². The molecule has 2 nitrogen and oxygen atoms in total. The van der Waals surface area contributed by atoms with E-state index in [0.717, 1.165) is 17.7 Å². The maximum absolute atomic E-state index is 6.04. The van der Waals surface area contributed by atoms with Gasteiger partial charge in [-0.15, -0.1) is 0 Å². The fraction of sp³-hybridized carbons (Fsp3) is 0.250. The molecule has 4 N–H and O–H groups in total. The molecule has 0 aliphatic rings. The number of nitrogens with two attached hydrogens (primary N) is 2. The number of aryl methyl sites for hydroxylation is 1. The molecule has 0 bridgehead atoms. The third-order valence-electron chi connectivity index (χ3n) is 3.47. The lowest BCUT2D eigenvalue weighted by molar-refractivity contribution is 0.923. The Kier molecular flexibility index (Phi) is 3.56. The molecule has 0 fully saturated rings. The Balaban J connectivity index is 2.31. The molecule has 0 spiro atoms. The van der Waals surface area contributed by atoms with Crippen molar-refractivity contribution in [2.24, 2.45) is 0 Å². The minimum absolute atomic E-state index is 0.288.